The number of nitrogens with one attached hydrogen (secondary N) is 1. The van der Waals surface area contributed by atoms with Gasteiger partial charge in [0.15, 0.2) is 0 Å². The number of nitro benzene ring substituents is 1. The summed E-state index contributed by atoms with van der Waals surface area (Å²) in [6.07, 6.45) is 0.884. The average molecular weight is 208 g/mol. The molecule has 0 saturated heterocycles. The molecule has 1 aromatic carbocycles. The Kier molecular flexibility index (Phi) is 3.80. The fourth-order valence-corrected chi connectivity index (χ4v) is 1.50. The van der Waals surface area contributed by atoms with Crippen LogP contribution in [-0.2, 0) is 6.42 Å². The molecule has 4 heteroatoms. The number of nitrogens with zero attached hydrogens (tertiary/aromatic N) is 1. The lowest BCUT2D eigenvalue weighted by atomic mass is 10.0. The van der Waals surface area contributed by atoms with Gasteiger partial charge < -0.3 is 5.32 Å². The van der Waals surface area contributed by atoms with E-state index >= 15 is 0 Å². The summed E-state index contributed by atoms with van der Waals surface area (Å²) in [4.78, 5) is 10.3. The zero-order chi connectivity index (χ0) is 11.4. The molecule has 0 heterocycles. The van der Waals surface area contributed by atoms with Gasteiger partial charge in [0.1, 0.15) is 0 Å². The van der Waals surface area contributed by atoms with Crippen molar-refractivity contribution in [3.05, 3.63) is 39.4 Å². The van der Waals surface area contributed by atoms with Crippen LogP contribution in [0.5, 0.6) is 0 Å². The summed E-state index contributed by atoms with van der Waals surface area (Å²) in [6, 6.07) is 5.66. The molecule has 0 aliphatic rings. The Morgan fingerprint density at radius 2 is 2.20 bits per heavy atom. The first-order valence-electron chi connectivity index (χ1n) is 4.95. The van der Waals surface area contributed by atoms with E-state index in [-0.39, 0.29) is 10.6 Å². The molecule has 0 amide bonds. The Labute approximate surface area is 89.5 Å². The van der Waals surface area contributed by atoms with Gasteiger partial charge in [0, 0.05) is 17.7 Å². The molecule has 0 spiro atoms. The van der Waals surface area contributed by atoms with E-state index in [1.807, 2.05) is 19.2 Å². The van der Waals surface area contributed by atoms with Crippen LogP contribution in [0.15, 0.2) is 18.2 Å². The third-order valence-corrected chi connectivity index (χ3v) is 2.49. The van der Waals surface area contributed by atoms with Crippen LogP contribution < -0.4 is 5.32 Å². The third-order valence-electron chi connectivity index (χ3n) is 2.49. The first-order chi connectivity index (χ1) is 7.04. The van der Waals surface area contributed by atoms with Crippen LogP contribution in [-0.4, -0.2) is 18.0 Å². The van der Waals surface area contributed by atoms with Crippen molar-refractivity contribution in [3.8, 4) is 0 Å². The number of hydrogen-bond donors (Lipinski definition) is 1. The minimum Gasteiger partial charge on any atom is -0.317 e. The van der Waals surface area contributed by atoms with Gasteiger partial charge in [0.2, 0.25) is 0 Å². The van der Waals surface area contributed by atoms with Gasteiger partial charge >= 0.3 is 0 Å². The molecule has 0 saturated carbocycles. The molecule has 1 rings (SSSR count). The maximum Gasteiger partial charge on any atom is 0.272 e. The van der Waals surface area contributed by atoms with Gasteiger partial charge in [-0.2, -0.15) is 0 Å². The Morgan fingerprint density at radius 3 is 2.67 bits per heavy atom. The molecule has 0 fully saturated rings. The maximum atomic E-state index is 10.6. The van der Waals surface area contributed by atoms with Crippen molar-refractivity contribution in [1.82, 2.24) is 5.32 Å². The number of hydrogen-bond acceptors (Lipinski definition) is 3. The molecule has 0 aliphatic heterocycles. The summed E-state index contributed by atoms with van der Waals surface area (Å²) >= 11 is 0. The average Bonchev–Trinajstić information content (AvgIpc) is 2.17. The van der Waals surface area contributed by atoms with Gasteiger partial charge in [-0.05, 0) is 38.9 Å². The van der Waals surface area contributed by atoms with Gasteiger partial charge in [0.05, 0.1) is 4.92 Å². The van der Waals surface area contributed by atoms with Gasteiger partial charge in [-0.25, -0.2) is 0 Å². The second-order valence-corrected chi connectivity index (χ2v) is 3.77. The van der Waals surface area contributed by atoms with Gasteiger partial charge in [-0.1, -0.05) is 6.07 Å². The fourth-order valence-electron chi connectivity index (χ4n) is 1.50. The van der Waals surface area contributed by atoms with Crippen molar-refractivity contribution in [3.63, 3.8) is 0 Å². The lowest BCUT2D eigenvalue weighted by Crippen LogP contribution is -2.23. The highest BCUT2D eigenvalue weighted by molar-refractivity contribution is 5.41. The Balaban J connectivity index is 2.87. The molecule has 0 bridgehead atoms. The number of benzene rings is 1. The monoisotopic (exact) mass is 208 g/mol. The summed E-state index contributed by atoms with van der Waals surface area (Å²) in [7, 11) is 1.91. The van der Waals surface area contributed by atoms with E-state index < -0.39 is 0 Å². The van der Waals surface area contributed by atoms with E-state index in [0.29, 0.717) is 6.04 Å². The van der Waals surface area contributed by atoms with Crippen LogP contribution in [0.1, 0.15) is 18.1 Å². The van der Waals surface area contributed by atoms with E-state index in [1.165, 1.54) is 0 Å². The molecule has 0 aromatic heterocycles. The van der Waals surface area contributed by atoms with Crippen LogP contribution in [0, 0.1) is 17.0 Å². The normalized spacial score (nSPS) is 12.5. The Bertz CT molecular complexity index is 364. The first-order valence-corrected chi connectivity index (χ1v) is 4.95. The summed E-state index contributed by atoms with van der Waals surface area (Å²) in [5.74, 6) is 0. The molecule has 0 aliphatic carbocycles. The standard InChI is InChI=1S/C11H16N2O2/c1-8-6-10(7-9(2)12-3)4-5-11(8)13(14)15/h4-6,9,12H,7H2,1-3H3. The fraction of sp³-hybridized carbons (Fsp3) is 0.455. The van der Waals surface area contributed by atoms with Crippen LogP contribution in [0.3, 0.4) is 0 Å². The van der Waals surface area contributed by atoms with Gasteiger partial charge in [0.25, 0.3) is 5.69 Å². The molecule has 1 N–H and O–H groups in total. The molecule has 82 valence electrons. The lowest BCUT2D eigenvalue weighted by Gasteiger charge is -2.10. The second kappa shape index (κ2) is 4.89. The van der Waals surface area contributed by atoms with Crippen LogP contribution in [0.2, 0.25) is 0 Å². The predicted molar refractivity (Wildman–Crippen MR) is 60.1 cm³/mol. The Hall–Kier alpha value is -1.42. The predicted octanol–water partition coefficient (Wildman–Crippen LogP) is 2.05. The quantitative estimate of drug-likeness (QED) is 0.608. The highest BCUT2D eigenvalue weighted by Gasteiger charge is 2.10. The van der Waals surface area contributed by atoms with Crippen LogP contribution in [0.4, 0.5) is 5.69 Å². The third kappa shape index (κ3) is 3.02. The van der Waals surface area contributed by atoms with Crippen LogP contribution in [0.25, 0.3) is 0 Å². The minimum atomic E-state index is -0.347. The summed E-state index contributed by atoms with van der Waals surface area (Å²) < 4.78 is 0. The van der Waals surface area contributed by atoms with Gasteiger partial charge in [-0.3, -0.25) is 10.1 Å². The maximum absolute atomic E-state index is 10.6. The zero-order valence-corrected chi connectivity index (χ0v) is 9.28. The van der Waals surface area contributed by atoms with Crippen molar-refractivity contribution in [2.75, 3.05) is 7.05 Å². The largest absolute Gasteiger partial charge is 0.317 e. The molecule has 15 heavy (non-hydrogen) atoms. The molecular weight excluding hydrogens is 192 g/mol. The number of nitro groups is 1. The van der Waals surface area contributed by atoms with Crippen molar-refractivity contribution in [2.24, 2.45) is 0 Å². The Morgan fingerprint density at radius 1 is 1.53 bits per heavy atom. The van der Waals surface area contributed by atoms with Crippen molar-refractivity contribution >= 4 is 5.69 Å². The number of aryl methyl sites for hydroxylation is 1. The van der Waals surface area contributed by atoms with Gasteiger partial charge in [-0.15, -0.1) is 0 Å². The van der Waals surface area contributed by atoms with E-state index in [0.717, 1.165) is 17.5 Å². The molecule has 1 atom stereocenters. The minimum absolute atomic E-state index is 0.191. The highest BCUT2D eigenvalue weighted by atomic mass is 16.6. The highest BCUT2D eigenvalue weighted by Crippen LogP contribution is 2.19. The molecule has 1 unspecified atom stereocenters. The van der Waals surface area contributed by atoms with E-state index in [1.54, 1.807) is 13.0 Å². The summed E-state index contributed by atoms with van der Waals surface area (Å²) in [5, 5.41) is 13.7. The molecule has 0 radical (unpaired) electrons. The second-order valence-electron chi connectivity index (χ2n) is 3.77. The molecular formula is C11H16N2O2. The topological polar surface area (TPSA) is 55.2 Å². The van der Waals surface area contributed by atoms with Crippen molar-refractivity contribution < 1.29 is 4.92 Å². The number of rotatable bonds is 4. The van der Waals surface area contributed by atoms with Crippen molar-refractivity contribution in [2.45, 2.75) is 26.3 Å². The SMILES string of the molecule is CNC(C)Cc1ccc([N+](=O)[O-])c(C)c1. The number of likely N-dealkylation sites (N-methyl/N-ethyl adjacent to an activating group) is 1. The van der Waals surface area contributed by atoms with E-state index in [9.17, 15) is 10.1 Å². The smallest absolute Gasteiger partial charge is 0.272 e. The molecule has 4 nitrogen and oxygen atoms in total. The van der Waals surface area contributed by atoms with E-state index in [2.05, 4.69) is 12.2 Å². The van der Waals surface area contributed by atoms with Crippen LogP contribution >= 0.6 is 0 Å². The van der Waals surface area contributed by atoms with Crippen molar-refractivity contribution in [1.29, 1.82) is 0 Å². The zero-order valence-electron chi connectivity index (χ0n) is 9.28. The molecule has 1 aromatic rings. The first kappa shape index (κ1) is 11.7. The lowest BCUT2D eigenvalue weighted by molar-refractivity contribution is -0.385. The summed E-state index contributed by atoms with van der Waals surface area (Å²) in [5.41, 5.74) is 2.04. The summed E-state index contributed by atoms with van der Waals surface area (Å²) in [6.45, 7) is 3.85. The van der Waals surface area contributed by atoms with E-state index in [4.69, 9.17) is 0 Å².